The number of halogens is 1. The molecule has 2 heterocycles. The van der Waals surface area contributed by atoms with E-state index in [9.17, 15) is 9.59 Å². The van der Waals surface area contributed by atoms with Crippen LogP contribution in [0, 0.1) is 5.82 Å². The van der Waals surface area contributed by atoms with Crippen LogP contribution in [-0.4, -0.2) is 53.9 Å². The summed E-state index contributed by atoms with van der Waals surface area (Å²) in [5, 5.41) is 6.49. The first-order valence-electron chi connectivity index (χ1n) is 15.6. The zero-order valence-corrected chi connectivity index (χ0v) is 27.9. The van der Waals surface area contributed by atoms with Gasteiger partial charge >= 0.3 is 6.09 Å². The van der Waals surface area contributed by atoms with Crippen molar-refractivity contribution in [2.45, 2.75) is 109 Å². The lowest BCUT2D eigenvalue weighted by molar-refractivity contribution is -0.124. The largest absolute Gasteiger partial charge is 0.453 e. The Labute approximate surface area is 260 Å². The molecule has 1 fully saturated rings. The van der Waals surface area contributed by atoms with Gasteiger partial charge in [-0.15, -0.1) is 0 Å². The number of benzene rings is 1. The fraction of sp³-hybridized carbons (Fsp3) is 0.545. The number of alkyl carbamates (subject to hydrolysis) is 1. The number of ether oxygens (including phenoxy) is 3. The van der Waals surface area contributed by atoms with Crippen molar-refractivity contribution >= 4 is 31.1 Å². The van der Waals surface area contributed by atoms with E-state index < -0.39 is 31.6 Å². The topological polar surface area (TPSA) is 104 Å². The second-order valence-corrected chi connectivity index (χ2v) is 19.4. The number of amides is 2. The Morgan fingerprint density at radius 1 is 1.09 bits per heavy atom. The van der Waals surface area contributed by atoms with E-state index in [1.54, 1.807) is 39.1 Å². The van der Waals surface area contributed by atoms with E-state index in [4.69, 9.17) is 14.2 Å². The molecule has 1 atom stereocenters. The lowest BCUT2D eigenvalue weighted by Crippen LogP contribution is -2.51. The van der Waals surface area contributed by atoms with Gasteiger partial charge in [0.2, 0.25) is 5.91 Å². The highest BCUT2D eigenvalue weighted by molar-refractivity contribution is 6.76. The number of rotatable bonds is 12. The Morgan fingerprint density at radius 3 is 2.52 bits per heavy atom. The number of nitrogens with one attached hydrogen (secondary N) is 2. The molecule has 2 aromatic heterocycles. The Hall–Kier alpha value is -3.44. The third-order valence-corrected chi connectivity index (χ3v) is 9.17. The third kappa shape index (κ3) is 10.1. The van der Waals surface area contributed by atoms with Gasteiger partial charge in [0, 0.05) is 39.5 Å². The maximum absolute atomic E-state index is 15.4. The van der Waals surface area contributed by atoms with Crippen molar-refractivity contribution < 1.29 is 28.2 Å². The van der Waals surface area contributed by atoms with Crippen molar-refractivity contribution in [2.75, 3.05) is 6.61 Å². The molecule has 4 rings (SSSR count). The number of pyridine rings is 1. The molecule has 0 spiro atoms. The maximum Gasteiger partial charge on any atom is 0.408 e. The summed E-state index contributed by atoms with van der Waals surface area (Å²) >= 11 is 0. The molecule has 11 heteroatoms. The van der Waals surface area contributed by atoms with Crippen LogP contribution in [0.4, 0.5) is 9.18 Å². The molecule has 2 N–H and O–H groups in total. The van der Waals surface area contributed by atoms with Gasteiger partial charge in [0.25, 0.3) is 0 Å². The molecule has 0 unspecified atom stereocenters. The third-order valence-electron chi connectivity index (χ3n) is 7.46. The van der Waals surface area contributed by atoms with Crippen LogP contribution in [0.1, 0.15) is 58.4 Å². The molecular weight excluding hydrogens is 579 g/mol. The number of aromatic nitrogens is 2. The Kier molecular flexibility index (Phi) is 11.1. The summed E-state index contributed by atoms with van der Waals surface area (Å²) in [5.74, 6) is -0.371. The Bertz CT molecular complexity index is 1430. The second kappa shape index (κ2) is 14.6. The molecule has 1 aromatic carbocycles. The first-order valence-corrected chi connectivity index (χ1v) is 19.3. The Morgan fingerprint density at radius 2 is 1.84 bits per heavy atom. The predicted molar refractivity (Wildman–Crippen MR) is 172 cm³/mol. The number of fused-ring (bicyclic) bond motifs is 1. The van der Waals surface area contributed by atoms with Gasteiger partial charge in [0.15, 0.2) is 11.6 Å². The van der Waals surface area contributed by atoms with Crippen LogP contribution in [0.2, 0.25) is 25.7 Å². The van der Waals surface area contributed by atoms with E-state index in [-0.39, 0.29) is 24.1 Å². The molecule has 240 valence electrons. The maximum atomic E-state index is 15.4. The van der Waals surface area contributed by atoms with Gasteiger partial charge < -0.3 is 29.4 Å². The zero-order valence-electron chi connectivity index (χ0n) is 26.9. The summed E-state index contributed by atoms with van der Waals surface area (Å²) < 4.78 is 34.6. The van der Waals surface area contributed by atoms with Gasteiger partial charge in [-0.2, -0.15) is 0 Å². The first-order chi connectivity index (χ1) is 20.8. The van der Waals surface area contributed by atoms with Crippen molar-refractivity contribution in [3.63, 3.8) is 0 Å². The van der Waals surface area contributed by atoms with Crippen molar-refractivity contribution in [3.8, 4) is 11.5 Å². The van der Waals surface area contributed by atoms with E-state index >= 15 is 4.39 Å². The van der Waals surface area contributed by atoms with Gasteiger partial charge in [0.05, 0.1) is 5.39 Å². The SMILES string of the molecule is CC(C)(C)OC(=O)N[C@@H](Cc1ccc(Oc2ccnc3c2ccn3COCC[Si](C)(C)C)c(F)c1)C(=O)NC1CCCCC1. The number of hydrogen-bond donors (Lipinski definition) is 2. The average molecular weight is 627 g/mol. The quantitative estimate of drug-likeness (QED) is 0.163. The van der Waals surface area contributed by atoms with Crippen molar-refractivity contribution in [1.29, 1.82) is 0 Å². The first kappa shape index (κ1) is 33.4. The molecule has 9 nitrogen and oxygen atoms in total. The minimum atomic E-state index is -1.18. The molecule has 1 aliphatic carbocycles. The van der Waals surface area contributed by atoms with E-state index in [0.717, 1.165) is 43.5 Å². The fourth-order valence-electron chi connectivity index (χ4n) is 5.12. The lowest BCUT2D eigenvalue weighted by Gasteiger charge is -2.27. The van der Waals surface area contributed by atoms with Gasteiger partial charge in [0.1, 0.15) is 29.8 Å². The number of nitrogens with zero attached hydrogens (tertiary/aromatic N) is 2. The van der Waals surface area contributed by atoms with Gasteiger partial charge in [-0.05, 0) is 69.5 Å². The molecule has 3 aromatic rings. The molecule has 2 amide bonds. The van der Waals surface area contributed by atoms with Crippen LogP contribution in [-0.2, 0) is 27.4 Å². The molecule has 0 aliphatic heterocycles. The molecule has 1 aliphatic rings. The zero-order chi connectivity index (χ0) is 31.9. The molecule has 0 saturated heterocycles. The number of hydrogen-bond acceptors (Lipinski definition) is 6. The molecular formula is C33H47FN4O5Si. The van der Waals surface area contributed by atoms with E-state index in [1.165, 1.54) is 12.1 Å². The standard InChI is InChI=1S/C33H47FN4O5Si/c1-33(2,3)43-32(40)37-27(31(39)36-24-10-8-7-9-11-24)21-23-12-13-29(26(34)20-23)42-28-14-16-35-30-25(28)15-17-38(30)22-41-18-19-44(4,5)6/h12-17,20,24,27H,7-11,18-19,21-22H2,1-6H3,(H,36,39)(H,37,40)/t27-/m0/s1. The van der Waals surface area contributed by atoms with E-state index in [1.807, 2.05) is 16.8 Å². The molecule has 0 bridgehead atoms. The van der Waals surface area contributed by atoms with Crippen molar-refractivity contribution in [2.24, 2.45) is 0 Å². The highest BCUT2D eigenvalue weighted by Crippen LogP contribution is 2.31. The predicted octanol–water partition coefficient (Wildman–Crippen LogP) is 7.16. The Balaban J connectivity index is 1.45. The van der Waals surface area contributed by atoms with Crippen LogP contribution in [0.25, 0.3) is 11.0 Å². The van der Waals surface area contributed by atoms with Gasteiger partial charge in [-0.1, -0.05) is 45.0 Å². The van der Waals surface area contributed by atoms with Gasteiger partial charge in [-0.3, -0.25) is 4.79 Å². The monoisotopic (exact) mass is 626 g/mol. The average Bonchev–Trinajstić information content (AvgIpc) is 3.35. The molecule has 1 saturated carbocycles. The van der Waals surface area contributed by atoms with E-state index in [2.05, 4.69) is 35.3 Å². The summed E-state index contributed by atoms with van der Waals surface area (Å²) in [6, 6.07) is 8.37. The highest BCUT2D eigenvalue weighted by atomic mass is 28.3. The van der Waals surface area contributed by atoms with Crippen LogP contribution in [0.3, 0.4) is 0 Å². The number of carbonyl (C=O) groups excluding carboxylic acids is 2. The minimum Gasteiger partial charge on any atom is -0.453 e. The molecule has 0 radical (unpaired) electrons. The van der Waals surface area contributed by atoms with Crippen molar-refractivity contribution in [1.82, 2.24) is 20.2 Å². The summed E-state index contributed by atoms with van der Waals surface area (Å²) in [4.78, 5) is 30.3. The summed E-state index contributed by atoms with van der Waals surface area (Å²) in [7, 11) is -1.18. The highest BCUT2D eigenvalue weighted by Gasteiger charge is 2.27. The van der Waals surface area contributed by atoms with E-state index in [0.29, 0.717) is 30.3 Å². The van der Waals surface area contributed by atoms with Crippen LogP contribution < -0.4 is 15.4 Å². The van der Waals surface area contributed by atoms with Crippen LogP contribution in [0.5, 0.6) is 11.5 Å². The lowest BCUT2D eigenvalue weighted by atomic mass is 9.95. The van der Waals surface area contributed by atoms with Crippen LogP contribution >= 0.6 is 0 Å². The fourth-order valence-corrected chi connectivity index (χ4v) is 5.87. The minimum absolute atomic E-state index is 0.0451. The van der Waals surface area contributed by atoms with Gasteiger partial charge in [-0.25, -0.2) is 14.2 Å². The van der Waals surface area contributed by atoms with Crippen molar-refractivity contribution in [3.05, 3.63) is 54.1 Å². The summed E-state index contributed by atoms with van der Waals surface area (Å²) in [6.07, 6.45) is 7.99. The second-order valence-electron chi connectivity index (χ2n) is 13.8. The normalized spacial score (nSPS) is 15.2. The molecule has 44 heavy (non-hydrogen) atoms. The van der Waals surface area contributed by atoms with Crippen LogP contribution in [0.15, 0.2) is 42.7 Å². The summed E-state index contributed by atoms with van der Waals surface area (Å²) in [6.45, 7) is 13.3. The summed E-state index contributed by atoms with van der Waals surface area (Å²) in [5.41, 5.74) is 0.503. The smallest absolute Gasteiger partial charge is 0.408 e. The number of carbonyl (C=O) groups is 2.